The number of alkyl halides is 3. The van der Waals surface area contributed by atoms with Gasteiger partial charge in [0.2, 0.25) is 0 Å². The molecule has 1 fully saturated rings. The van der Waals surface area contributed by atoms with Crippen LogP contribution >= 0.6 is 12.4 Å². The van der Waals surface area contributed by atoms with Crippen LogP contribution in [0.15, 0.2) is 42.5 Å². The topological polar surface area (TPSA) is 6.48 Å². The fourth-order valence-corrected chi connectivity index (χ4v) is 4.29. The molecule has 0 saturated carbocycles. The van der Waals surface area contributed by atoms with E-state index < -0.39 is 11.7 Å². The monoisotopic (exact) mass is 468 g/mol. The second-order valence-corrected chi connectivity index (χ2v) is 8.70. The lowest BCUT2D eigenvalue weighted by Crippen LogP contribution is -2.47. The highest BCUT2D eigenvalue weighted by molar-refractivity contribution is 5.85. The van der Waals surface area contributed by atoms with Crippen molar-refractivity contribution in [3.05, 3.63) is 64.7 Å². The van der Waals surface area contributed by atoms with Gasteiger partial charge in [0.25, 0.3) is 0 Å². The normalized spacial score (nSPS) is 15.0. The Morgan fingerprint density at radius 1 is 0.875 bits per heavy atom. The summed E-state index contributed by atoms with van der Waals surface area (Å²) in [7, 11) is 0. The molecule has 0 aromatic heterocycles. The van der Waals surface area contributed by atoms with Crippen molar-refractivity contribution in [2.75, 3.05) is 37.6 Å². The van der Waals surface area contributed by atoms with Crippen LogP contribution in [0.25, 0.3) is 0 Å². The minimum atomic E-state index is -4.29. The maximum Gasteiger partial charge on any atom is 0.416 e. The number of unbranched alkanes of at least 4 members (excludes halogenated alkanes) is 3. The van der Waals surface area contributed by atoms with E-state index in [9.17, 15) is 13.2 Å². The third kappa shape index (κ3) is 7.70. The Labute approximate surface area is 197 Å². The van der Waals surface area contributed by atoms with E-state index in [1.54, 1.807) is 6.07 Å². The summed E-state index contributed by atoms with van der Waals surface area (Å²) in [5, 5.41) is 0. The SMILES string of the molecule is CCCCCCc1cc(CCN2CCN(c3cccc(C(F)(F)F)c3)CC2)ccc1C.Cl. The van der Waals surface area contributed by atoms with Crippen LogP contribution in [0, 0.1) is 6.92 Å². The molecule has 0 aliphatic carbocycles. The quantitative estimate of drug-likeness (QED) is 0.368. The molecule has 0 amide bonds. The number of rotatable bonds is 9. The van der Waals surface area contributed by atoms with E-state index in [1.807, 2.05) is 0 Å². The van der Waals surface area contributed by atoms with Gasteiger partial charge in [-0.3, -0.25) is 4.90 Å². The lowest BCUT2D eigenvalue weighted by atomic mass is 9.98. The van der Waals surface area contributed by atoms with E-state index in [0.29, 0.717) is 5.69 Å². The van der Waals surface area contributed by atoms with Gasteiger partial charge in [-0.15, -0.1) is 12.4 Å². The third-order valence-electron chi connectivity index (χ3n) is 6.34. The largest absolute Gasteiger partial charge is 0.416 e. The van der Waals surface area contributed by atoms with Crippen molar-refractivity contribution < 1.29 is 13.2 Å². The summed E-state index contributed by atoms with van der Waals surface area (Å²) in [6.07, 6.45) is 3.03. The number of halogens is 4. The van der Waals surface area contributed by atoms with Crippen LogP contribution in [-0.4, -0.2) is 37.6 Å². The molecule has 0 bridgehead atoms. The van der Waals surface area contributed by atoms with Crippen molar-refractivity contribution in [1.29, 1.82) is 0 Å². The molecule has 0 spiro atoms. The van der Waals surface area contributed by atoms with Crippen molar-refractivity contribution >= 4 is 18.1 Å². The molecule has 1 heterocycles. The van der Waals surface area contributed by atoms with Gasteiger partial charge in [0.1, 0.15) is 0 Å². The number of anilines is 1. The number of piperazine rings is 1. The molecular weight excluding hydrogens is 433 g/mol. The van der Waals surface area contributed by atoms with Gasteiger partial charge in [-0.05, 0) is 61.1 Å². The van der Waals surface area contributed by atoms with Crippen LogP contribution in [0.2, 0.25) is 0 Å². The molecule has 32 heavy (non-hydrogen) atoms. The number of benzene rings is 2. The van der Waals surface area contributed by atoms with Crippen LogP contribution in [0.3, 0.4) is 0 Å². The van der Waals surface area contributed by atoms with E-state index in [1.165, 1.54) is 54.5 Å². The zero-order chi connectivity index (χ0) is 22.3. The lowest BCUT2D eigenvalue weighted by Gasteiger charge is -2.36. The van der Waals surface area contributed by atoms with Crippen molar-refractivity contribution in [1.82, 2.24) is 4.90 Å². The minimum absolute atomic E-state index is 0. The first-order chi connectivity index (χ1) is 14.9. The summed E-state index contributed by atoms with van der Waals surface area (Å²) in [6, 6.07) is 12.5. The molecule has 0 unspecified atom stereocenters. The first-order valence-corrected chi connectivity index (χ1v) is 11.6. The standard InChI is InChI=1S/C26H35F3N2.ClH/c1-3-4-5-6-8-23-19-22(12-11-21(23)2)13-14-30-15-17-31(18-16-30)25-10-7-9-24(20-25)26(27,28)29;/h7,9-12,19-20H,3-6,8,13-18H2,1-2H3;1H. The van der Waals surface area contributed by atoms with Gasteiger partial charge in [0.15, 0.2) is 0 Å². The summed E-state index contributed by atoms with van der Waals surface area (Å²) in [6.45, 7) is 8.72. The van der Waals surface area contributed by atoms with Crippen molar-refractivity contribution in [3.8, 4) is 0 Å². The van der Waals surface area contributed by atoms with Crippen LogP contribution in [0.4, 0.5) is 18.9 Å². The molecule has 178 valence electrons. The average Bonchev–Trinajstić information content (AvgIpc) is 2.77. The van der Waals surface area contributed by atoms with Gasteiger partial charge < -0.3 is 4.90 Å². The second-order valence-electron chi connectivity index (χ2n) is 8.70. The molecule has 3 rings (SSSR count). The highest BCUT2D eigenvalue weighted by Gasteiger charge is 2.31. The van der Waals surface area contributed by atoms with Gasteiger partial charge in [-0.25, -0.2) is 0 Å². The van der Waals surface area contributed by atoms with Crippen molar-refractivity contribution in [2.24, 2.45) is 0 Å². The predicted molar refractivity (Wildman–Crippen MR) is 130 cm³/mol. The summed E-state index contributed by atoms with van der Waals surface area (Å²) in [4.78, 5) is 4.48. The molecule has 6 heteroatoms. The van der Waals surface area contributed by atoms with Gasteiger partial charge in [-0.1, -0.05) is 50.5 Å². The molecule has 2 aromatic carbocycles. The first-order valence-electron chi connectivity index (χ1n) is 11.6. The molecule has 1 saturated heterocycles. The lowest BCUT2D eigenvalue weighted by molar-refractivity contribution is -0.137. The fourth-order valence-electron chi connectivity index (χ4n) is 4.29. The Hall–Kier alpha value is -1.72. The van der Waals surface area contributed by atoms with Gasteiger partial charge in [-0.2, -0.15) is 13.2 Å². The zero-order valence-electron chi connectivity index (χ0n) is 19.3. The Bertz CT molecular complexity index is 830. The highest BCUT2D eigenvalue weighted by atomic mass is 35.5. The van der Waals surface area contributed by atoms with Crippen molar-refractivity contribution in [3.63, 3.8) is 0 Å². The molecular formula is C26H36ClF3N2. The number of hydrogen-bond donors (Lipinski definition) is 0. The molecule has 1 aliphatic heterocycles. The van der Waals surface area contributed by atoms with Crippen LogP contribution in [0.1, 0.15) is 54.9 Å². The van der Waals surface area contributed by atoms with Crippen molar-refractivity contribution in [2.45, 2.75) is 58.5 Å². The molecule has 1 aliphatic rings. The zero-order valence-corrected chi connectivity index (χ0v) is 20.1. The van der Waals surface area contributed by atoms with E-state index in [0.717, 1.165) is 51.6 Å². The molecule has 0 radical (unpaired) electrons. The number of hydrogen-bond acceptors (Lipinski definition) is 2. The van der Waals surface area contributed by atoms with Gasteiger partial charge >= 0.3 is 6.18 Å². The fraction of sp³-hybridized carbons (Fsp3) is 0.538. The van der Waals surface area contributed by atoms with E-state index in [-0.39, 0.29) is 12.4 Å². The van der Waals surface area contributed by atoms with Crippen LogP contribution < -0.4 is 4.90 Å². The Morgan fingerprint density at radius 3 is 2.31 bits per heavy atom. The van der Waals surface area contributed by atoms with Gasteiger partial charge in [0.05, 0.1) is 5.56 Å². The molecule has 2 aromatic rings. The smallest absolute Gasteiger partial charge is 0.369 e. The Balaban J connectivity index is 0.00000363. The van der Waals surface area contributed by atoms with Crippen LogP contribution in [0.5, 0.6) is 0 Å². The first kappa shape index (κ1) is 26.5. The average molecular weight is 469 g/mol. The molecule has 0 N–H and O–H groups in total. The Kier molecular flexibility index (Phi) is 10.4. The highest BCUT2D eigenvalue weighted by Crippen LogP contribution is 2.31. The summed E-state index contributed by atoms with van der Waals surface area (Å²) < 4.78 is 39.0. The third-order valence-corrected chi connectivity index (χ3v) is 6.34. The Morgan fingerprint density at radius 2 is 1.62 bits per heavy atom. The molecule has 2 nitrogen and oxygen atoms in total. The predicted octanol–water partition coefficient (Wildman–Crippen LogP) is 6.92. The van der Waals surface area contributed by atoms with E-state index in [2.05, 4.69) is 41.8 Å². The maximum atomic E-state index is 13.0. The summed E-state index contributed by atoms with van der Waals surface area (Å²) in [5.74, 6) is 0. The molecule has 0 atom stereocenters. The summed E-state index contributed by atoms with van der Waals surface area (Å²) in [5.41, 5.74) is 4.34. The minimum Gasteiger partial charge on any atom is -0.369 e. The maximum absolute atomic E-state index is 13.0. The number of nitrogens with zero attached hydrogens (tertiary/aromatic N) is 2. The number of aryl methyl sites for hydroxylation is 2. The summed E-state index contributed by atoms with van der Waals surface area (Å²) >= 11 is 0. The van der Waals surface area contributed by atoms with E-state index in [4.69, 9.17) is 0 Å². The van der Waals surface area contributed by atoms with E-state index >= 15 is 0 Å². The second kappa shape index (κ2) is 12.5. The van der Waals surface area contributed by atoms with Gasteiger partial charge in [0, 0.05) is 38.4 Å². The van der Waals surface area contributed by atoms with Crippen LogP contribution in [-0.2, 0) is 19.0 Å².